The van der Waals surface area contributed by atoms with Crippen LogP contribution in [0.25, 0.3) is 16.8 Å². The number of sulfonamides is 1. The molecule has 152 valence electrons. The molecular weight excluding hydrogens is 394 g/mol. The molecule has 29 heavy (non-hydrogen) atoms. The van der Waals surface area contributed by atoms with E-state index >= 15 is 0 Å². The second-order valence-corrected chi connectivity index (χ2v) is 8.45. The summed E-state index contributed by atoms with van der Waals surface area (Å²) in [6.07, 6.45) is 4.79. The van der Waals surface area contributed by atoms with Crippen molar-refractivity contribution in [3.63, 3.8) is 0 Å². The Balaban J connectivity index is 1.65. The number of hydrogen-bond donors (Lipinski definition) is 1. The number of carbonyl (C=O) groups is 1. The van der Waals surface area contributed by atoms with E-state index in [2.05, 4.69) is 10.3 Å². The molecule has 0 aliphatic rings. The highest BCUT2D eigenvalue weighted by atomic mass is 32.2. The summed E-state index contributed by atoms with van der Waals surface area (Å²) < 4.78 is 27.1. The quantitative estimate of drug-likeness (QED) is 0.621. The van der Waals surface area contributed by atoms with E-state index in [0.29, 0.717) is 13.0 Å². The molecule has 1 N–H and O–H groups in total. The lowest BCUT2D eigenvalue weighted by Gasteiger charge is -2.08. The van der Waals surface area contributed by atoms with Gasteiger partial charge in [0.1, 0.15) is 0 Å². The zero-order valence-corrected chi connectivity index (χ0v) is 16.9. The number of pyridine rings is 1. The number of aromatic nitrogens is 4. The third-order valence-corrected chi connectivity index (χ3v) is 4.77. The summed E-state index contributed by atoms with van der Waals surface area (Å²) in [7, 11) is -3.56. The summed E-state index contributed by atoms with van der Waals surface area (Å²) in [6.45, 7) is 2.19. The van der Waals surface area contributed by atoms with Gasteiger partial charge in [0.25, 0.3) is 5.56 Å². The van der Waals surface area contributed by atoms with Gasteiger partial charge in [-0.05, 0) is 42.7 Å². The van der Waals surface area contributed by atoms with Crippen molar-refractivity contribution in [3.05, 3.63) is 64.8 Å². The van der Waals surface area contributed by atoms with E-state index in [1.165, 1.54) is 10.6 Å². The van der Waals surface area contributed by atoms with Gasteiger partial charge < -0.3 is 4.57 Å². The van der Waals surface area contributed by atoms with Crippen molar-refractivity contribution in [1.82, 2.24) is 24.3 Å². The molecule has 0 aliphatic heterocycles. The summed E-state index contributed by atoms with van der Waals surface area (Å²) in [5.41, 5.74) is 3.17. The Morgan fingerprint density at radius 1 is 1.14 bits per heavy atom. The van der Waals surface area contributed by atoms with Crippen LogP contribution in [0.3, 0.4) is 0 Å². The minimum atomic E-state index is -3.56. The van der Waals surface area contributed by atoms with Gasteiger partial charge in [-0.3, -0.25) is 14.3 Å². The van der Waals surface area contributed by atoms with Gasteiger partial charge >= 0.3 is 0 Å². The first-order valence-corrected chi connectivity index (χ1v) is 10.8. The Morgan fingerprint density at radius 3 is 2.45 bits per heavy atom. The summed E-state index contributed by atoms with van der Waals surface area (Å²) in [5.74, 6) is -0.583. The van der Waals surface area contributed by atoms with E-state index in [9.17, 15) is 18.0 Å². The summed E-state index contributed by atoms with van der Waals surface area (Å²) in [5, 5.41) is 7.99. The Morgan fingerprint density at radius 2 is 1.86 bits per heavy atom. The van der Waals surface area contributed by atoms with Crippen LogP contribution in [0.15, 0.2) is 53.6 Å². The normalized spacial score (nSPS) is 11.4. The van der Waals surface area contributed by atoms with Crippen molar-refractivity contribution in [1.29, 1.82) is 0 Å². The van der Waals surface area contributed by atoms with Gasteiger partial charge in [0.15, 0.2) is 0 Å². The lowest BCUT2D eigenvalue weighted by atomic mass is 10.1. The molecule has 0 saturated heterocycles. The molecule has 0 fully saturated rings. The maximum atomic E-state index is 12.4. The molecule has 1 aromatic carbocycles. The highest BCUT2D eigenvalue weighted by Crippen LogP contribution is 2.19. The molecule has 0 aliphatic carbocycles. The maximum absolute atomic E-state index is 12.4. The number of nitrogens with one attached hydrogen (secondary N) is 1. The predicted molar refractivity (Wildman–Crippen MR) is 108 cm³/mol. The van der Waals surface area contributed by atoms with Gasteiger partial charge in [0, 0.05) is 25.2 Å². The van der Waals surface area contributed by atoms with Crippen LogP contribution in [0, 0.1) is 6.92 Å². The van der Waals surface area contributed by atoms with Crippen LogP contribution in [0.5, 0.6) is 0 Å². The smallest absolute Gasteiger partial charge is 0.251 e. The third kappa shape index (κ3) is 5.61. The van der Waals surface area contributed by atoms with Gasteiger partial charge in [-0.2, -0.15) is 0 Å². The highest BCUT2D eigenvalue weighted by molar-refractivity contribution is 7.89. The van der Waals surface area contributed by atoms with Gasteiger partial charge in [0.2, 0.25) is 15.9 Å². The van der Waals surface area contributed by atoms with Crippen LogP contribution in [-0.4, -0.2) is 40.1 Å². The number of carbonyl (C=O) groups excluding carboxylic acids is 1. The van der Waals surface area contributed by atoms with Crippen molar-refractivity contribution in [2.75, 3.05) is 6.26 Å². The SMILES string of the molecule is Cc1cn(-c2ccc(-c3ccn(CCCC(=O)NS(C)(=O)=O)c(=O)c3)cc2)nn1. The van der Waals surface area contributed by atoms with Crippen molar-refractivity contribution >= 4 is 15.9 Å². The van der Waals surface area contributed by atoms with Crippen molar-refractivity contribution in [2.24, 2.45) is 0 Å². The molecule has 0 atom stereocenters. The molecule has 3 aromatic rings. The van der Waals surface area contributed by atoms with Crippen LogP contribution >= 0.6 is 0 Å². The predicted octanol–water partition coefficient (Wildman–Crippen LogP) is 1.26. The lowest BCUT2D eigenvalue weighted by molar-refractivity contribution is -0.119. The molecule has 0 bridgehead atoms. The van der Waals surface area contributed by atoms with Crippen molar-refractivity contribution in [2.45, 2.75) is 26.3 Å². The van der Waals surface area contributed by atoms with Crippen molar-refractivity contribution < 1.29 is 13.2 Å². The first-order valence-electron chi connectivity index (χ1n) is 8.92. The van der Waals surface area contributed by atoms with Crippen molar-refractivity contribution in [3.8, 4) is 16.8 Å². The largest absolute Gasteiger partial charge is 0.315 e. The van der Waals surface area contributed by atoms with E-state index in [0.717, 1.165) is 28.8 Å². The molecule has 2 heterocycles. The van der Waals surface area contributed by atoms with Gasteiger partial charge in [0.05, 0.1) is 23.8 Å². The zero-order valence-electron chi connectivity index (χ0n) is 16.1. The van der Waals surface area contributed by atoms with Crippen LogP contribution in [0.4, 0.5) is 0 Å². The highest BCUT2D eigenvalue weighted by Gasteiger charge is 2.08. The second-order valence-electron chi connectivity index (χ2n) is 6.70. The number of benzene rings is 1. The molecule has 1 amide bonds. The fraction of sp³-hybridized carbons (Fsp3) is 0.263. The minimum absolute atomic E-state index is 0.0183. The average molecular weight is 415 g/mol. The Labute approximate surface area is 168 Å². The third-order valence-electron chi connectivity index (χ3n) is 4.17. The number of amides is 1. The number of hydrogen-bond acceptors (Lipinski definition) is 6. The summed E-state index contributed by atoms with van der Waals surface area (Å²) in [6, 6.07) is 11.0. The van der Waals surface area contributed by atoms with Crippen LogP contribution < -0.4 is 10.3 Å². The molecule has 3 rings (SSSR count). The van der Waals surface area contributed by atoms with Crippen LogP contribution in [-0.2, 0) is 21.4 Å². The standard InChI is InChI=1S/C19H21N5O4S/c1-14-13-24(22-20-14)17-7-5-15(6-8-17)16-9-11-23(19(26)12-16)10-3-4-18(25)21-29(2,27)28/h5-9,11-13H,3-4,10H2,1-2H3,(H,21,25). The van der Waals surface area contributed by atoms with Gasteiger partial charge in [-0.1, -0.05) is 17.3 Å². The number of rotatable bonds is 7. The molecule has 0 saturated carbocycles. The molecule has 9 nitrogen and oxygen atoms in total. The first-order chi connectivity index (χ1) is 13.7. The first kappa shape index (κ1) is 20.5. The summed E-state index contributed by atoms with van der Waals surface area (Å²) in [4.78, 5) is 23.9. The molecule has 0 unspecified atom stereocenters. The van der Waals surface area contributed by atoms with Crippen LogP contribution in [0.2, 0.25) is 0 Å². The molecular formula is C19H21N5O4S. The molecule has 0 radical (unpaired) electrons. The van der Waals surface area contributed by atoms with E-state index < -0.39 is 15.9 Å². The van der Waals surface area contributed by atoms with Gasteiger partial charge in [-0.25, -0.2) is 13.1 Å². The Hall–Kier alpha value is -3.27. The Bertz CT molecular complexity index is 1180. The Kier molecular flexibility index (Phi) is 5.92. The summed E-state index contributed by atoms with van der Waals surface area (Å²) >= 11 is 0. The molecule has 10 heteroatoms. The second kappa shape index (κ2) is 8.39. The zero-order chi connectivity index (χ0) is 21.0. The van der Waals surface area contributed by atoms with Crippen LogP contribution in [0.1, 0.15) is 18.5 Å². The fourth-order valence-electron chi connectivity index (χ4n) is 2.82. The maximum Gasteiger partial charge on any atom is 0.251 e. The lowest BCUT2D eigenvalue weighted by Crippen LogP contribution is -2.29. The monoisotopic (exact) mass is 415 g/mol. The number of aryl methyl sites for hydroxylation is 2. The topological polar surface area (TPSA) is 116 Å². The van der Waals surface area contributed by atoms with E-state index in [1.54, 1.807) is 10.9 Å². The van der Waals surface area contributed by atoms with E-state index in [4.69, 9.17) is 0 Å². The van der Waals surface area contributed by atoms with Gasteiger partial charge in [-0.15, -0.1) is 5.10 Å². The molecule has 2 aromatic heterocycles. The van der Waals surface area contributed by atoms with E-state index in [1.807, 2.05) is 48.2 Å². The fourth-order valence-corrected chi connectivity index (χ4v) is 3.34. The van der Waals surface area contributed by atoms with E-state index in [-0.39, 0.29) is 12.0 Å². The average Bonchev–Trinajstić information content (AvgIpc) is 3.08. The minimum Gasteiger partial charge on any atom is -0.315 e. The molecule has 0 spiro atoms. The number of nitrogens with zero attached hydrogens (tertiary/aromatic N) is 4.